The number of hydrogen-bond acceptors (Lipinski definition) is 6. The van der Waals surface area contributed by atoms with E-state index in [1.165, 1.54) is 6.08 Å². The number of carboxylic acids is 1. The van der Waals surface area contributed by atoms with Gasteiger partial charge in [-0.25, -0.2) is 9.37 Å². The first-order chi connectivity index (χ1) is 18.5. The highest BCUT2D eigenvalue weighted by Gasteiger charge is 2.28. The Morgan fingerprint density at radius 2 is 2.11 bits per heavy atom. The summed E-state index contributed by atoms with van der Waals surface area (Å²) in [6.45, 7) is 7.39. The first-order valence-corrected chi connectivity index (χ1v) is 13.2. The van der Waals surface area contributed by atoms with Crippen molar-refractivity contribution in [1.29, 1.82) is 0 Å². The van der Waals surface area contributed by atoms with Gasteiger partial charge < -0.3 is 24.2 Å². The van der Waals surface area contributed by atoms with Crippen LogP contribution in [0.2, 0.25) is 0 Å². The minimum Gasteiger partial charge on any atom is -0.492 e. The molecule has 0 unspecified atom stereocenters. The Balaban J connectivity index is 1.31. The highest BCUT2D eigenvalue weighted by Crippen LogP contribution is 2.39. The van der Waals surface area contributed by atoms with Crippen LogP contribution >= 0.6 is 0 Å². The third kappa shape index (κ3) is 5.91. The summed E-state index contributed by atoms with van der Waals surface area (Å²) >= 11 is 0. The Kier molecular flexibility index (Phi) is 8.08. The van der Waals surface area contributed by atoms with Crippen LogP contribution in [0.3, 0.4) is 0 Å². The number of hydrogen-bond donors (Lipinski definition) is 1. The lowest BCUT2D eigenvalue weighted by atomic mass is 9.97. The fraction of sp³-hybridized carbons (Fsp3) is 0.400. The lowest BCUT2D eigenvalue weighted by molar-refractivity contribution is -0.137. The fourth-order valence-electron chi connectivity index (χ4n) is 5.26. The van der Waals surface area contributed by atoms with Gasteiger partial charge in [-0.15, -0.1) is 0 Å². The second-order valence-electron chi connectivity index (χ2n) is 9.86. The van der Waals surface area contributed by atoms with Crippen molar-refractivity contribution in [1.82, 2.24) is 4.98 Å². The van der Waals surface area contributed by atoms with Crippen LogP contribution in [-0.4, -0.2) is 55.1 Å². The molecule has 0 amide bonds. The van der Waals surface area contributed by atoms with Gasteiger partial charge in [0.2, 0.25) is 0 Å². The Morgan fingerprint density at radius 1 is 1.21 bits per heavy atom. The molecule has 5 rings (SSSR count). The summed E-state index contributed by atoms with van der Waals surface area (Å²) in [7, 11) is 0. The maximum Gasteiger partial charge on any atom is 0.304 e. The highest BCUT2D eigenvalue weighted by molar-refractivity contribution is 5.76. The molecule has 3 heterocycles. The van der Waals surface area contributed by atoms with E-state index in [4.69, 9.17) is 19.3 Å². The molecule has 1 aliphatic carbocycles. The molecule has 7 nitrogen and oxygen atoms in total. The smallest absolute Gasteiger partial charge is 0.304 e. The van der Waals surface area contributed by atoms with Gasteiger partial charge in [-0.2, -0.15) is 0 Å². The lowest BCUT2D eigenvalue weighted by Crippen LogP contribution is -2.27. The van der Waals surface area contributed by atoms with E-state index >= 15 is 4.39 Å². The van der Waals surface area contributed by atoms with Crippen molar-refractivity contribution in [2.45, 2.75) is 44.1 Å². The number of carboxylic acid groups (broad SMARTS) is 1. The van der Waals surface area contributed by atoms with Gasteiger partial charge in [0.25, 0.3) is 0 Å². The van der Waals surface area contributed by atoms with Crippen molar-refractivity contribution in [3.63, 3.8) is 0 Å². The van der Waals surface area contributed by atoms with Gasteiger partial charge >= 0.3 is 5.97 Å². The van der Waals surface area contributed by atoms with Crippen molar-refractivity contribution in [3.05, 3.63) is 77.8 Å². The van der Waals surface area contributed by atoms with Gasteiger partial charge in [-0.3, -0.25) is 4.79 Å². The predicted molar refractivity (Wildman–Crippen MR) is 143 cm³/mol. The van der Waals surface area contributed by atoms with Crippen LogP contribution in [0.5, 0.6) is 11.5 Å². The highest BCUT2D eigenvalue weighted by atomic mass is 19.1. The summed E-state index contributed by atoms with van der Waals surface area (Å²) in [5.41, 5.74) is 3.19. The van der Waals surface area contributed by atoms with Crippen molar-refractivity contribution < 1.29 is 28.5 Å². The normalized spacial score (nSPS) is 24.9. The number of aromatic nitrogens is 1. The van der Waals surface area contributed by atoms with E-state index in [1.54, 1.807) is 18.3 Å². The number of pyridine rings is 1. The monoisotopic (exact) mass is 520 g/mol. The number of allylic oxidation sites excluding steroid dienone is 3. The number of aliphatic carboxylic acids is 1. The minimum atomic E-state index is -0.859. The van der Waals surface area contributed by atoms with Gasteiger partial charge in [0, 0.05) is 54.6 Å². The summed E-state index contributed by atoms with van der Waals surface area (Å²) in [4.78, 5) is 18.1. The number of nitrogens with zero attached hydrogens (tertiary/aromatic N) is 2. The predicted octanol–water partition coefficient (Wildman–Crippen LogP) is 5.68. The number of rotatable bonds is 6. The Bertz CT molecular complexity index is 1250. The van der Waals surface area contributed by atoms with Crippen molar-refractivity contribution in [2.24, 2.45) is 0 Å². The molecule has 2 atom stereocenters. The van der Waals surface area contributed by atoms with Crippen LogP contribution in [0.25, 0.3) is 5.57 Å². The molecule has 1 fully saturated rings. The molecule has 1 saturated heterocycles. The van der Waals surface area contributed by atoms with Crippen molar-refractivity contribution in [2.75, 3.05) is 37.8 Å². The molecular formula is C30H33FN2O5. The van der Waals surface area contributed by atoms with Gasteiger partial charge in [0.1, 0.15) is 29.2 Å². The zero-order chi connectivity index (χ0) is 26.5. The van der Waals surface area contributed by atoms with Crippen LogP contribution in [0, 0.1) is 0 Å². The average molecular weight is 521 g/mol. The van der Waals surface area contributed by atoms with Gasteiger partial charge in [-0.05, 0) is 55.5 Å². The summed E-state index contributed by atoms with van der Waals surface area (Å²) < 4.78 is 32.8. The van der Waals surface area contributed by atoms with Crippen LogP contribution in [0.4, 0.5) is 10.2 Å². The largest absolute Gasteiger partial charge is 0.492 e. The number of ether oxygens (including phenoxy) is 3. The molecule has 2 aromatic rings. The molecule has 1 aromatic carbocycles. The van der Waals surface area contributed by atoms with Crippen molar-refractivity contribution in [3.8, 4) is 11.5 Å². The van der Waals surface area contributed by atoms with Crippen molar-refractivity contribution >= 4 is 17.4 Å². The first kappa shape index (κ1) is 26.0. The quantitative estimate of drug-likeness (QED) is 0.525. The molecule has 0 saturated carbocycles. The molecule has 3 aliphatic rings. The maximum absolute atomic E-state index is 15.3. The second kappa shape index (κ2) is 11.8. The molecule has 0 bridgehead atoms. The van der Waals surface area contributed by atoms with Crippen LogP contribution in [-0.2, 0) is 9.53 Å². The second-order valence-corrected chi connectivity index (χ2v) is 9.86. The molecule has 1 aromatic heterocycles. The lowest BCUT2D eigenvalue weighted by Gasteiger charge is -2.24. The van der Waals surface area contributed by atoms with E-state index in [1.807, 2.05) is 18.2 Å². The average Bonchev–Trinajstić information content (AvgIpc) is 3.13. The standard InChI is InChI=1S/C30H33FN2O5/c1-20-26(31)11-8-21(25-6-3-12-32-30(25)33-13-4-15-36-16-14-33)5-2-7-27(20)38-23-9-10-24-22(17-29(34)35)19-37-28(24)18-23/h3,6,8-12,18,22,27H,1-2,4-5,7,13-17,19H2,(H,34,35)/b21-8+,26-11+/t22-,27-/m1/s1. The number of halogens is 1. The van der Waals surface area contributed by atoms with Crippen LogP contribution in [0.15, 0.2) is 66.7 Å². The summed E-state index contributed by atoms with van der Waals surface area (Å²) in [5, 5.41) is 9.14. The van der Waals surface area contributed by atoms with Gasteiger partial charge in [0.15, 0.2) is 0 Å². The molecule has 0 spiro atoms. The molecule has 200 valence electrons. The number of anilines is 1. The zero-order valence-electron chi connectivity index (χ0n) is 21.4. The third-order valence-corrected chi connectivity index (χ3v) is 7.26. The molecule has 8 heteroatoms. The number of carbonyl (C=O) groups is 1. The summed E-state index contributed by atoms with van der Waals surface area (Å²) in [6, 6.07) is 9.36. The first-order valence-electron chi connectivity index (χ1n) is 13.2. The van der Waals surface area contributed by atoms with Crippen LogP contribution < -0.4 is 14.4 Å². The topological polar surface area (TPSA) is 81.1 Å². The van der Waals surface area contributed by atoms with Gasteiger partial charge in [0.05, 0.1) is 19.6 Å². The SMILES string of the molecule is C=C1/C(F)=C\C=C(\c2cccnc2N2CCCOCC2)CCC[C@H]1Oc1ccc2c(c1)OC[C@H]2CC(=O)O. The van der Waals surface area contributed by atoms with E-state index in [9.17, 15) is 4.79 Å². The third-order valence-electron chi connectivity index (χ3n) is 7.26. The fourth-order valence-corrected chi connectivity index (χ4v) is 5.26. The molecule has 1 N–H and O–H groups in total. The van der Waals surface area contributed by atoms with Crippen LogP contribution in [0.1, 0.15) is 49.1 Å². The minimum absolute atomic E-state index is 0.0160. The number of fused-ring (bicyclic) bond motifs is 1. The van der Waals surface area contributed by atoms with E-state index in [2.05, 4.69) is 22.5 Å². The van der Waals surface area contributed by atoms with E-state index in [0.29, 0.717) is 36.7 Å². The molecule has 0 radical (unpaired) electrons. The zero-order valence-corrected chi connectivity index (χ0v) is 21.4. The van der Waals surface area contributed by atoms with E-state index in [0.717, 1.165) is 61.5 Å². The number of benzene rings is 1. The summed E-state index contributed by atoms with van der Waals surface area (Å²) in [5.74, 6) is 0.614. The van der Waals surface area contributed by atoms with E-state index < -0.39 is 17.9 Å². The maximum atomic E-state index is 15.3. The molecule has 2 aliphatic heterocycles. The Hall–Kier alpha value is -3.65. The Labute approximate surface area is 222 Å². The van der Waals surface area contributed by atoms with Gasteiger partial charge in [-0.1, -0.05) is 18.7 Å². The summed E-state index contributed by atoms with van der Waals surface area (Å²) in [6.07, 6.45) is 7.63. The van der Waals surface area contributed by atoms with E-state index in [-0.39, 0.29) is 12.3 Å². The molecule has 38 heavy (non-hydrogen) atoms. The molecular weight excluding hydrogens is 487 g/mol. The Morgan fingerprint density at radius 3 is 2.97 bits per heavy atom.